The van der Waals surface area contributed by atoms with E-state index in [9.17, 15) is 19.7 Å². The maximum Gasteiger partial charge on any atom is 0.330 e. The van der Waals surface area contributed by atoms with Gasteiger partial charge in [0.25, 0.3) is 0 Å². The summed E-state index contributed by atoms with van der Waals surface area (Å²) in [6.07, 6.45) is -1.62. The smallest absolute Gasteiger partial charge is 0.330 e. The summed E-state index contributed by atoms with van der Waals surface area (Å²) in [5.74, 6) is 0. The van der Waals surface area contributed by atoms with Gasteiger partial charge in [-0.05, 0) is 6.07 Å². The molecule has 0 saturated carbocycles. The molecule has 5 N–H and O–H groups in total. The predicted octanol–water partition coefficient (Wildman–Crippen LogP) is 0.243. The molecular formula is C14H21N4O6P. The first-order valence-corrected chi connectivity index (χ1v) is 9.42. The van der Waals surface area contributed by atoms with Crippen LogP contribution < -0.4 is 5.73 Å². The summed E-state index contributed by atoms with van der Waals surface area (Å²) in [4.78, 5) is 18.0. The van der Waals surface area contributed by atoms with Gasteiger partial charge in [0.15, 0.2) is 11.9 Å². The van der Waals surface area contributed by atoms with E-state index in [-0.39, 0.29) is 6.61 Å². The fourth-order valence-corrected chi connectivity index (χ4v) is 3.22. The standard InChI is InChI=1S/C14H21N4O6P/c1-7(2)25(21,22)23-5-9-11(19)12(20)14(24-9)18-6-17-10-8(15)3-4-16-13(10)18/h3-4,6-7,9,11-12,14,19-20H,5H2,1-2H3,(H2,15,16)(H,21,22). The van der Waals surface area contributed by atoms with Crippen LogP contribution in [-0.4, -0.2) is 60.2 Å². The molecule has 0 aliphatic carbocycles. The van der Waals surface area contributed by atoms with E-state index in [0.29, 0.717) is 16.9 Å². The summed E-state index contributed by atoms with van der Waals surface area (Å²) < 4.78 is 24.0. The van der Waals surface area contributed by atoms with Crippen molar-refractivity contribution in [2.45, 2.75) is 44.0 Å². The summed E-state index contributed by atoms with van der Waals surface area (Å²) in [6, 6.07) is 1.60. The molecule has 5 unspecified atom stereocenters. The van der Waals surface area contributed by atoms with Crippen molar-refractivity contribution < 1.29 is 28.9 Å². The molecule has 1 aliphatic rings. The Morgan fingerprint density at radius 1 is 1.40 bits per heavy atom. The van der Waals surface area contributed by atoms with Crippen LogP contribution in [0.15, 0.2) is 18.6 Å². The number of ether oxygens (including phenoxy) is 1. The third-order valence-electron chi connectivity index (χ3n) is 4.18. The second-order valence-corrected chi connectivity index (χ2v) is 8.64. The zero-order valence-corrected chi connectivity index (χ0v) is 14.7. The topological polar surface area (TPSA) is 153 Å². The van der Waals surface area contributed by atoms with Gasteiger partial charge in [0, 0.05) is 6.20 Å². The van der Waals surface area contributed by atoms with Gasteiger partial charge < -0.3 is 30.1 Å². The molecule has 1 aliphatic heterocycles. The summed E-state index contributed by atoms with van der Waals surface area (Å²) in [7, 11) is -3.81. The molecule has 0 aromatic carbocycles. The maximum atomic E-state index is 11.9. The lowest BCUT2D eigenvalue weighted by Gasteiger charge is -2.19. The molecule has 1 saturated heterocycles. The Morgan fingerprint density at radius 2 is 2.12 bits per heavy atom. The number of imidazole rings is 1. The first kappa shape index (κ1) is 18.2. The first-order valence-electron chi connectivity index (χ1n) is 7.78. The normalized spacial score (nSPS) is 29.4. The van der Waals surface area contributed by atoms with E-state index in [4.69, 9.17) is 15.0 Å². The van der Waals surface area contributed by atoms with Crippen molar-refractivity contribution in [3.8, 4) is 0 Å². The van der Waals surface area contributed by atoms with Crippen LogP contribution in [0.2, 0.25) is 0 Å². The van der Waals surface area contributed by atoms with Crippen LogP contribution in [-0.2, 0) is 13.8 Å². The van der Waals surface area contributed by atoms with Gasteiger partial charge in [0.2, 0.25) is 0 Å². The van der Waals surface area contributed by atoms with Crippen LogP contribution >= 0.6 is 7.60 Å². The average molecular weight is 372 g/mol. The Hall–Kier alpha value is -1.55. The summed E-state index contributed by atoms with van der Waals surface area (Å²) in [6.45, 7) is 2.78. The molecule has 3 rings (SSSR count). The largest absolute Gasteiger partial charge is 0.397 e. The van der Waals surface area contributed by atoms with Gasteiger partial charge in [-0.25, -0.2) is 9.97 Å². The summed E-state index contributed by atoms with van der Waals surface area (Å²) in [5, 5.41) is 20.5. The van der Waals surface area contributed by atoms with Gasteiger partial charge in [0.1, 0.15) is 23.8 Å². The quantitative estimate of drug-likeness (QED) is 0.541. The molecule has 0 spiro atoms. The summed E-state index contributed by atoms with van der Waals surface area (Å²) >= 11 is 0. The monoisotopic (exact) mass is 372 g/mol. The zero-order chi connectivity index (χ0) is 18.4. The second-order valence-electron chi connectivity index (χ2n) is 6.22. The van der Waals surface area contributed by atoms with E-state index < -0.39 is 37.8 Å². The van der Waals surface area contributed by atoms with Crippen molar-refractivity contribution in [2.75, 3.05) is 12.3 Å². The van der Waals surface area contributed by atoms with E-state index >= 15 is 0 Å². The van der Waals surface area contributed by atoms with Crippen molar-refractivity contribution >= 4 is 24.4 Å². The first-order chi connectivity index (χ1) is 11.7. The molecule has 0 amide bonds. The third kappa shape index (κ3) is 3.29. The van der Waals surface area contributed by atoms with Gasteiger partial charge in [-0.1, -0.05) is 13.8 Å². The number of anilines is 1. The van der Waals surface area contributed by atoms with Gasteiger partial charge in [-0.3, -0.25) is 9.13 Å². The Labute approximate surface area is 143 Å². The summed E-state index contributed by atoms with van der Waals surface area (Å²) in [5.41, 5.74) is 6.52. The Bertz CT molecular complexity index is 812. The molecule has 3 heterocycles. The number of pyridine rings is 1. The molecule has 25 heavy (non-hydrogen) atoms. The number of rotatable bonds is 5. The minimum absolute atomic E-state index is 0.330. The number of hydrogen-bond acceptors (Lipinski definition) is 8. The fraction of sp³-hybridized carbons (Fsp3) is 0.571. The molecule has 10 nitrogen and oxygen atoms in total. The van der Waals surface area contributed by atoms with E-state index in [1.54, 1.807) is 19.9 Å². The van der Waals surface area contributed by atoms with Crippen LogP contribution in [0.5, 0.6) is 0 Å². The average Bonchev–Trinajstić information content (AvgIpc) is 3.09. The van der Waals surface area contributed by atoms with Gasteiger partial charge in [-0.15, -0.1) is 0 Å². The van der Waals surface area contributed by atoms with Crippen LogP contribution in [0.4, 0.5) is 5.69 Å². The third-order valence-corrected chi connectivity index (χ3v) is 6.00. The molecule has 2 aromatic heterocycles. The SMILES string of the molecule is CC(C)P(=O)(O)OCC1OC(n2cnc3c(N)ccnc32)C(O)C1O. The van der Waals surface area contributed by atoms with Gasteiger partial charge in [0.05, 0.1) is 24.3 Å². The number of aliphatic hydroxyl groups excluding tert-OH is 2. The number of fused-ring (bicyclic) bond motifs is 1. The minimum atomic E-state index is -3.81. The minimum Gasteiger partial charge on any atom is -0.397 e. The highest BCUT2D eigenvalue weighted by atomic mass is 31.2. The lowest BCUT2D eigenvalue weighted by molar-refractivity contribution is -0.0486. The molecule has 0 bridgehead atoms. The maximum absolute atomic E-state index is 11.9. The molecule has 11 heteroatoms. The number of nitrogens with two attached hydrogens (primary N) is 1. The highest BCUT2D eigenvalue weighted by Crippen LogP contribution is 2.47. The number of nitrogen functional groups attached to an aromatic ring is 1. The number of aromatic nitrogens is 3. The zero-order valence-electron chi connectivity index (χ0n) is 13.8. The molecular weight excluding hydrogens is 351 g/mol. The molecule has 5 atom stereocenters. The van der Waals surface area contributed by atoms with E-state index in [2.05, 4.69) is 9.97 Å². The Balaban J connectivity index is 1.80. The number of aliphatic hydroxyl groups is 2. The molecule has 2 aromatic rings. The fourth-order valence-electron chi connectivity index (χ4n) is 2.57. The van der Waals surface area contributed by atoms with Crippen molar-refractivity contribution in [3.05, 3.63) is 18.6 Å². The Kier molecular flexibility index (Phi) is 4.84. The predicted molar refractivity (Wildman–Crippen MR) is 88.8 cm³/mol. The van der Waals surface area contributed by atoms with Crippen LogP contribution in [0.25, 0.3) is 11.2 Å². The van der Waals surface area contributed by atoms with Crippen molar-refractivity contribution in [1.29, 1.82) is 0 Å². The van der Waals surface area contributed by atoms with E-state index in [0.717, 1.165) is 0 Å². The highest BCUT2D eigenvalue weighted by Gasteiger charge is 2.45. The van der Waals surface area contributed by atoms with Crippen molar-refractivity contribution in [2.24, 2.45) is 0 Å². The van der Waals surface area contributed by atoms with Crippen LogP contribution in [0.3, 0.4) is 0 Å². The van der Waals surface area contributed by atoms with Crippen molar-refractivity contribution in [1.82, 2.24) is 14.5 Å². The number of nitrogens with zero attached hydrogens (tertiary/aromatic N) is 3. The molecule has 138 valence electrons. The van der Waals surface area contributed by atoms with Gasteiger partial charge in [-0.2, -0.15) is 0 Å². The Morgan fingerprint density at radius 3 is 2.80 bits per heavy atom. The lowest BCUT2D eigenvalue weighted by Crippen LogP contribution is -2.33. The molecule has 1 fully saturated rings. The second kappa shape index (κ2) is 6.64. The molecule has 0 radical (unpaired) electrons. The number of hydrogen-bond donors (Lipinski definition) is 4. The van der Waals surface area contributed by atoms with Crippen molar-refractivity contribution in [3.63, 3.8) is 0 Å². The highest BCUT2D eigenvalue weighted by molar-refractivity contribution is 7.53. The van der Waals surface area contributed by atoms with Crippen LogP contribution in [0.1, 0.15) is 20.1 Å². The lowest BCUT2D eigenvalue weighted by atomic mass is 10.1. The van der Waals surface area contributed by atoms with Gasteiger partial charge >= 0.3 is 7.60 Å². The van der Waals surface area contributed by atoms with E-state index in [1.165, 1.54) is 17.1 Å². The van der Waals surface area contributed by atoms with E-state index in [1.807, 2.05) is 0 Å². The van der Waals surface area contributed by atoms with Crippen LogP contribution in [0, 0.1) is 0 Å².